The Morgan fingerprint density at radius 3 is 2.13 bits per heavy atom. The van der Waals surface area contributed by atoms with Gasteiger partial charge in [-0.2, -0.15) is 13.2 Å². The van der Waals surface area contributed by atoms with Crippen molar-refractivity contribution in [3.63, 3.8) is 0 Å². The molecule has 1 heterocycles. The fraction of sp³-hybridized carbons (Fsp3) is 0.571. The number of hydrogen-bond donors (Lipinski definition) is 1. The van der Waals surface area contributed by atoms with E-state index in [1.807, 2.05) is 0 Å². The molecule has 128 valence electrons. The van der Waals surface area contributed by atoms with Gasteiger partial charge in [-0.25, -0.2) is 4.21 Å². The molecule has 0 radical (unpaired) electrons. The van der Waals surface area contributed by atoms with E-state index in [1.54, 1.807) is 27.7 Å². The standard InChI is InChI=1S/C14H18BF3O4S/c1-12(2)13(3,4)22-15(21-12)10-6-5-9(8-23(19)20)11(7-10)14(16,17)18/h5-7H,8H2,1-4H3,(H,19,20). The van der Waals surface area contributed by atoms with Gasteiger partial charge < -0.3 is 13.9 Å². The second-order valence-corrected chi connectivity index (χ2v) is 7.40. The molecule has 1 aromatic rings. The number of rotatable bonds is 3. The van der Waals surface area contributed by atoms with Crippen LogP contribution in [0.1, 0.15) is 38.8 Å². The van der Waals surface area contributed by atoms with Gasteiger partial charge in [0, 0.05) is 0 Å². The van der Waals surface area contributed by atoms with Crippen LogP contribution in [0.4, 0.5) is 13.2 Å². The van der Waals surface area contributed by atoms with Crippen LogP contribution in [0.5, 0.6) is 0 Å². The van der Waals surface area contributed by atoms with Gasteiger partial charge in [0.15, 0.2) is 11.1 Å². The molecular weight excluding hydrogens is 332 g/mol. The van der Waals surface area contributed by atoms with Crippen molar-refractivity contribution < 1.29 is 31.2 Å². The van der Waals surface area contributed by atoms with Crippen LogP contribution >= 0.6 is 0 Å². The maximum atomic E-state index is 13.2. The predicted octanol–water partition coefficient (Wildman–Crippen LogP) is 2.73. The van der Waals surface area contributed by atoms with E-state index in [4.69, 9.17) is 13.9 Å². The molecule has 1 unspecified atom stereocenters. The third kappa shape index (κ3) is 3.79. The average Bonchev–Trinajstić information content (AvgIpc) is 2.56. The Morgan fingerprint density at radius 2 is 1.70 bits per heavy atom. The van der Waals surface area contributed by atoms with Crippen molar-refractivity contribution in [1.29, 1.82) is 0 Å². The van der Waals surface area contributed by atoms with Crippen molar-refractivity contribution in [3.05, 3.63) is 29.3 Å². The van der Waals surface area contributed by atoms with Gasteiger partial charge in [-0.15, -0.1) is 0 Å². The van der Waals surface area contributed by atoms with Crippen LogP contribution < -0.4 is 5.46 Å². The van der Waals surface area contributed by atoms with Gasteiger partial charge in [0.1, 0.15) is 0 Å². The van der Waals surface area contributed by atoms with Crippen LogP contribution in [0.15, 0.2) is 18.2 Å². The van der Waals surface area contributed by atoms with Crippen molar-refractivity contribution in [2.75, 3.05) is 0 Å². The highest BCUT2D eigenvalue weighted by Crippen LogP contribution is 2.37. The van der Waals surface area contributed by atoms with Crippen molar-refractivity contribution in [3.8, 4) is 0 Å². The first-order valence-corrected chi connectivity index (χ1v) is 8.24. The predicted molar refractivity (Wildman–Crippen MR) is 81.6 cm³/mol. The fourth-order valence-corrected chi connectivity index (χ4v) is 2.76. The Morgan fingerprint density at radius 1 is 1.17 bits per heavy atom. The summed E-state index contributed by atoms with van der Waals surface area (Å²) in [6.07, 6.45) is -4.63. The monoisotopic (exact) mass is 350 g/mol. The molecule has 0 amide bonds. The Hall–Kier alpha value is -0.895. The summed E-state index contributed by atoms with van der Waals surface area (Å²) < 4.78 is 70.8. The SMILES string of the molecule is CC1(C)OB(c2ccc(CS(=O)O)c(C(F)(F)F)c2)OC1(C)C. The Bertz CT molecular complexity index is 615. The van der Waals surface area contributed by atoms with E-state index in [2.05, 4.69) is 0 Å². The largest absolute Gasteiger partial charge is 0.494 e. The smallest absolute Gasteiger partial charge is 0.399 e. The molecule has 0 bridgehead atoms. The summed E-state index contributed by atoms with van der Waals surface area (Å²) in [7, 11) is -0.922. The molecule has 0 spiro atoms. The first-order chi connectivity index (χ1) is 10.3. The molecule has 1 aromatic carbocycles. The van der Waals surface area contributed by atoms with Crippen LogP contribution in [0.2, 0.25) is 0 Å². The highest BCUT2D eigenvalue weighted by molar-refractivity contribution is 7.78. The van der Waals surface area contributed by atoms with Gasteiger partial charge in [0.2, 0.25) is 0 Å². The molecule has 1 saturated heterocycles. The van der Waals surface area contributed by atoms with E-state index in [0.717, 1.165) is 6.07 Å². The van der Waals surface area contributed by atoms with E-state index >= 15 is 0 Å². The quantitative estimate of drug-likeness (QED) is 0.673. The van der Waals surface area contributed by atoms with Crippen molar-refractivity contribution >= 4 is 23.7 Å². The summed E-state index contributed by atoms with van der Waals surface area (Å²) in [4.78, 5) is 0. The molecule has 1 atom stereocenters. The van der Waals surface area contributed by atoms with Gasteiger partial charge in [0.25, 0.3) is 0 Å². The first-order valence-electron chi connectivity index (χ1n) is 6.96. The third-order valence-corrected chi connectivity index (χ3v) is 4.80. The molecule has 1 fully saturated rings. The highest BCUT2D eigenvalue weighted by atomic mass is 32.2. The van der Waals surface area contributed by atoms with E-state index < -0.39 is 46.9 Å². The van der Waals surface area contributed by atoms with E-state index in [-0.39, 0.29) is 11.0 Å². The van der Waals surface area contributed by atoms with Crippen molar-refractivity contribution in [1.82, 2.24) is 0 Å². The van der Waals surface area contributed by atoms with Gasteiger partial charge >= 0.3 is 13.3 Å². The van der Waals surface area contributed by atoms with E-state index in [1.165, 1.54) is 12.1 Å². The minimum Gasteiger partial charge on any atom is -0.399 e. The lowest BCUT2D eigenvalue weighted by atomic mass is 9.77. The number of alkyl halides is 3. The summed E-state index contributed by atoms with van der Waals surface area (Å²) in [5, 5.41) is 0. The molecule has 2 rings (SSSR count). The van der Waals surface area contributed by atoms with Gasteiger partial charge in [-0.3, -0.25) is 0 Å². The molecule has 9 heteroatoms. The molecule has 0 aliphatic carbocycles. The molecule has 1 N–H and O–H groups in total. The molecule has 0 aromatic heterocycles. The molecule has 0 saturated carbocycles. The Balaban J connectivity index is 2.41. The van der Waals surface area contributed by atoms with Crippen molar-refractivity contribution in [2.45, 2.75) is 50.8 Å². The summed E-state index contributed by atoms with van der Waals surface area (Å²) in [5.41, 5.74) is -2.29. The van der Waals surface area contributed by atoms with Crippen LogP contribution in [0.3, 0.4) is 0 Å². The molecule has 1 aliphatic heterocycles. The zero-order valence-electron chi connectivity index (χ0n) is 13.2. The topological polar surface area (TPSA) is 55.8 Å². The lowest BCUT2D eigenvalue weighted by molar-refractivity contribution is -0.138. The minimum atomic E-state index is -4.63. The maximum absolute atomic E-state index is 13.2. The van der Waals surface area contributed by atoms with E-state index in [0.29, 0.717) is 0 Å². The van der Waals surface area contributed by atoms with Crippen LogP contribution in [0, 0.1) is 0 Å². The highest BCUT2D eigenvalue weighted by Gasteiger charge is 2.52. The zero-order valence-corrected chi connectivity index (χ0v) is 14.0. The van der Waals surface area contributed by atoms with Gasteiger partial charge in [-0.05, 0) is 44.8 Å². The second kappa shape index (κ2) is 5.88. The van der Waals surface area contributed by atoms with Crippen LogP contribution in [-0.2, 0) is 32.3 Å². The second-order valence-electron chi connectivity index (χ2n) is 6.47. The minimum absolute atomic E-state index is 0.225. The lowest BCUT2D eigenvalue weighted by Crippen LogP contribution is -2.41. The van der Waals surface area contributed by atoms with Gasteiger partial charge in [0.05, 0.1) is 22.5 Å². The molecule has 4 nitrogen and oxygen atoms in total. The van der Waals surface area contributed by atoms with E-state index in [9.17, 15) is 17.4 Å². The molecule has 1 aliphatic rings. The number of halogens is 3. The molecular formula is C14H18BF3O4S. The number of hydrogen-bond acceptors (Lipinski definition) is 3. The third-order valence-electron chi connectivity index (χ3n) is 4.24. The van der Waals surface area contributed by atoms with Crippen molar-refractivity contribution in [2.24, 2.45) is 0 Å². The summed E-state index contributed by atoms with van der Waals surface area (Å²) in [6.45, 7) is 7.23. The normalized spacial score (nSPS) is 21.5. The molecule has 23 heavy (non-hydrogen) atoms. The first kappa shape index (κ1) is 18.4. The zero-order chi connectivity index (χ0) is 17.6. The number of benzene rings is 1. The maximum Gasteiger partial charge on any atom is 0.494 e. The summed E-state index contributed by atoms with van der Waals surface area (Å²) in [5.74, 6) is -0.585. The average molecular weight is 350 g/mol. The Labute approximate surface area is 135 Å². The summed E-state index contributed by atoms with van der Waals surface area (Å²) >= 11 is -2.36. The lowest BCUT2D eigenvalue weighted by Gasteiger charge is -2.32. The summed E-state index contributed by atoms with van der Waals surface area (Å²) in [6, 6.07) is 3.54. The Kier molecular flexibility index (Phi) is 4.71. The van der Waals surface area contributed by atoms with Crippen LogP contribution in [0.25, 0.3) is 0 Å². The fourth-order valence-electron chi connectivity index (χ4n) is 2.24. The van der Waals surface area contributed by atoms with Crippen LogP contribution in [-0.4, -0.2) is 27.1 Å². The van der Waals surface area contributed by atoms with Gasteiger partial charge in [-0.1, -0.05) is 12.1 Å².